The summed E-state index contributed by atoms with van der Waals surface area (Å²) in [6, 6.07) is 1.60. The molecule has 114 valence electrons. The van der Waals surface area contributed by atoms with E-state index in [9.17, 15) is 9.59 Å². The number of hydrogen-bond acceptors (Lipinski definition) is 5. The molecule has 0 aromatic carbocycles. The van der Waals surface area contributed by atoms with Crippen molar-refractivity contribution in [3.63, 3.8) is 0 Å². The van der Waals surface area contributed by atoms with E-state index in [-0.39, 0.29) is 11.5 Å². The summed E-state index contributed by atoms with van der Waals surface area (Å²) in [6.07, 6.45) is 3.37. The molecule has 0 bridgehead atoms. The highest BCUT2D eigenvalue weighted by molar-refractivity contribution is 5.78. The van der Waals surface area contributed by atoms with Crippen LogP contribution in [0.3, 0.4) is 0 Å². The fourth-order valence-corrected chi connectivity index (χ4v) is 2.24. The molecule has 7 heteroatoms. The van der Waals surface area contributed by atoms with Gasteiger partial charge in [-0.15, -0.1) is 6.58 Å². The van der Waals surface area contributed by atoms with Crippen molar-refractivity contribution in [2.75, 3.05) is 44.2 Å². The van der Waals surface area contributed by atoms with Crippen LogP contribution < -0.4 is 15.8 Å². The van der Waals surface area contributed by atoms with E-state index in [1.54, 1.807) is 25.4 Å². The van der Waals surface area contributed by atoms with Crippen molar-refractivity contribution in [2.45, 2.75) is 0 Å². The molecule has 1 aliphatic heterocycles. The summed E-state index contributed by atoms with van der Waals surface area (Å²) in [6.45, 7) is 7.60. The average molecular weight is 291 g/mol. The minimum absolute atomic E-state index is 0.0126. The van der Waals surface area contributed by atoms with Crippen molar-refractivity contribution < 1.29 is 4.79 Å². The van der Waals surface area contributed by atoms with Crippen LogP contribution in [-0.2, 0) is 11.8 Å². The smallest absolute Gasteiger partial charge is 0.268 e. The van der Waals surface area contributed by atoms with Crippen LogP contribution in [0.25, 0.3) is 0 Å². The quantitative estimate of drug-likeness (QED) is 0.720. The zero-order chi connectivity index (χ0) is 15.2. The number of hydrogen-bond donors (Lipinski definition) is 1. The van der Waals surface area contributed by atoms with Gasteiger partial charge < -0.3 is 10.2 Å². The minimum atomic E-state index is -0.112. The van der Waals surface area contributed by atoms with Gasteiger partial charge in [0.25, 0.3) is 5.56 Å². The number of amides is 1. The summed E-state index contributed by atoms with van der Waals surface area (Å²) in [5.74, 6) is 0.0126. The Morgan fingerprint density at radius 2 is 2.14 bits per heavy atom. The lowest BCUT2D eigenvalue weighted by molar-refractivity contribution is -0.122. The number of anilines is 1. The zero-order valence-corrected chi connectivity index (χ0v) is 12.3. The fourth-order valence-electron chi connectivity index (χ4n) is 2.24. The third kappa shape index (κ3) is 4.16. The largest absolute Gasteiger partial charge is 0.368 e. The van der Waals surface area contributed by atoms with Crippen LogP contribution in [0.5, 0.6) is 0 Å². The van der Waals surface area contributed by atoms with Gasteiger partial charge in [0.15, 0.2) is 0 Å². The Morgan fingerprint density at radius 1 is 1.43 bits per heavy atom. The molecule has 1 fully saturated rings. The fraction of sp³-hybridized carbons (Fsp3) is 0.500. The highest BCUT2D eigenvalue weighted by Crippen LogP contribution is 2.12. The topological polar surface area (TPSA) is 70.5 Å². The van der Waals surface area contributed by atoms with Crippen LogP contribution >= 0.6 is 0 Å². The molecule has 1 amide bonds. The number of rotatable bonds is 5. The molecule has 0 saturated carbocycles. The van der Waals surface area contributed by atoms with Crippen LogP contribution in [0, 0.1) is 0 Å². The van der Waals surface area contributed by atoms with E-state index in [1.165, 1.54) is 4.68 Å². The van der Waals surface area contributed by atoms with E-state index >= 15 is 0 Å². The van der Waals surface area contributed by atoms with Crippen molar-refractivity contribution in [3.05, 3.63) is 35.3 Å². The second-order valence-electron chi connectivity index (χ2n) is 5.03. The maximum absolute atomic E-state index is 11.6. The molecule has 2 heterocycles. The Labute approximate surface area is 123 Å². The second-order valence-corrected chi connectivity index (χ2v) is 5.03. The molecule has 0 aliphatic carbocycles. The van der Waals surface area contributed by atoms with Crippen LogP contribution in [0.4, 0.5) is 5.69 Å². The van der Waals surface area contributed by atoms with Gasteiger partial charge in [0.05, 0.1) is 18.4 Å². The van der Waals surface area contributed by atoms with Crippen LogP contribution in [0.2, 0.25) is 0 Å². The van der Waals surface area contributed by atoms with Gasteiger partial charge in [0.1, 0.15) is 0 Å². The second kappa shape index (κ2) is 7.03. The Morgan fingerprint density at radius 3 is 2.76 bits per heavy atom. The van der Waals surface area contributed by atoms with Gasteiger partial charge >= 0.3 is 0 Å². The molecule has 21 heavy (non-hydrogen) atoms. The van der Waals surface area contributed by atoms with E-state index in [2.05, 4.69) is 26.8 Å². The standard InChI is InChI=1S/C14H21N5O2/c1-3-4-15-13(20)11-18-5-7-19(8-6-18)12-9-14(21)17(2)16-10-12/h3,9-10H,1,4-8,11H2,2H3,(H,15,20). The normalized spacial score (nSPS) is 15.8. The van der Waals surface area contributed by atoms with Gasteiger partial charge in [0.2, 0.25) is 5.91 Å². The lowest BCUT2D eigenvalue weighted by atomic mass is 10.3. The SMILES string of the molecule is C=CCNC(=O)CN1CCN(c2cnn(C)c(=O)c2)CC1. The van der Waals surface area contributed by atoms with Gasteiger partial charge in [-0.05, 0) is 0 Å². The number of nitrogens with zero attached hydrogens (tertiary/aromatic N) is 4. The first-order valence-electron chi connectivity index (χ1n) is 6.98. The van der Waals surface area contributed by atoms with Gasteiger partial charge in [-0.3, -0.25) is 14.5 Å². The van der Waals surface area contributed by atoms with Gasteiger partial charge in [-0.2, -0.15) is 5.10 Å². The molecule has 1 aromatic rings. The average Bonchev–Trinajstić information content (AvgIpc) is 2.49. The molecule has 1 N–H and O–H groups in total. The first kappa shape index (κ1) is 15.2. The van der Waals surface area contributed by atoms with E-state index in [0.717, 1.165) is 31.9 Å². The molecule has 2 rings (SSSR count). The molecule has 1 saturated heterocycles. The third-order valence-electron chi connectivity index (χ3n) is 3.50. The molecule has 1 aliphatic rings. The summed E-state index contributed by atoms with van der Waals surface area (Å²) in [5.41, 5.74) is 0.729. The number of carbonyl (C=O) groups excluding carboxylic acids is 1. The summed E-state index contributed by atoms with van der Waals surface area (Å²) in [4.78, 5) is 27.4. The first-order chi connectivity index (χ1) is 10.1. The van der Waals surface area contributed by atoms with E-state index in [4.69, 9.17) is 0 Å². The van der Waals surface area contributed by atoms with Crippen molar-refractivity contribution in [1.29, 1.82) is 0 Å². The molecular weight excluding hydrogens is 270 g/mol. The Bertz CT molecular complexity index is 561. The van der Waals surface area contributed by atoms with Crippen molar-refractivity contribution >= 4 is 11.6 Å². The van der Waals surface area contributed by atoms with Crippen molar-refractivity contribution in [1.82, 2.24) is 20.0 Å². The number of piperazine rings is 1. The number of nitrogens with one attached hydrogen (secondary N) is 1. The molecule has 0 spiro atoms. The molecule has 1 aromatic heterocycles. The third-order valence-corrected chi connectivity index (χ3v) is 3.50. The summed E-state index contributed by atoms with van der Waals surface area (Å²) < 4.78 is 1.31. The highest BCUT2D eigenvalue weighted by atomic mass is 16.2. The van der Waals surface area contributed by atoms with Gasteiger partial charge in [-0.1, -0.05) is 6.08 Å². The Kier molecular flexibility index (Phi) is 5.10. The van der Waals surface area contributed by atoms with E-state index < -0.39 is 0 Å². The first-order valence-corrected chi connectivity index (χ1v) is 6.98. The monoisotopic (exact) mass is 291 g/mol. The molecule has 7 nitrogen and oxygen atoms in total. The molecule has 0 unspecified atom stereocenters. The van der Waals surface area contributed by atoms with Crippen molar-refractivity contribution in [3.8, 4) is 0 Å². The highest BCUT2D eigenvalue weighted by Gasteiger charge is 2.19. The maximum atomic E-state index is 11.6. The molecular formula is C14H21N5O2. The number of carbonyl (C=O) groups is 1. The Hall–Kier alpha value is -2.15. The summed E-state index contributed by atoms with van der Waals surface area (Å²) in [5, 5.41) is 6.80. The summed E-state index contributed by atoms with van der Waals surface area (Å²) in [7, 11) is 1.63. The van der Waals surface area contributed by atoms with Crippen molar-refractivity contribution in [2.24, 2.45) is 7.05 Å². The van der Waals surface area contributed by atoms with Gasteiger partial charge in [0, 0.05) is 45.8 Å². The maximum Gasteiger partial charge on any atom is 0.268 e. The number of aryl methyl sites for hydroxylation is 1. The van der Waals surface area contributed by atoms with Crippen LogP contribution in [0.15, 0.2) is 29.7 Å². The Balaban J connectivity index is 1.85. The predicted molar refractivity (Wildman–Crippen MR) is 81.3 cm³/mol. The zero-order valence-electron chi connectivity index (χ0n) is 12.3. The number of aromatic nitrogens is 2. The van der Waals surface area contributed by atoms with E-state index in [1.807, 2.05) is 0 Å². The summed E-state index contributed by atoms with van der Waals surface area (Å²) >= 11 is 0. The predicted octanol–water partition coefficient (Wildman–Crippen LogP) is -0.795. The van der Waals surface area contributed by atoms with Crippen LogP contribution in [0.1, 0.15) is 0 Å². The van der Waals surface area contributed by atoms with E-state index in [0.29, 0.717) is 13.1 Å². The van der Waals surface area contributed by atoms with Crippen LogP contribution in [-0.4, -0.2) is 59.9 Å². The molecule has 0 atom stereocenters. The minimum Gasteiger partial charge on any atom is -0.368 e. The lowest BCUT2D eigenvalue weighted by Crippen LogP contribution is -2.49. The van der Waals surface area contributed by atoms with Gasteiger partial charge in [-0.25, -0.2) is 4.68 Å². The lowest BCUT2D eigenvalue weighted by Gasteiger charge is -2.35. The molecule has 0 radical (unpaired) electrons.